The van der Waals surface area contributed by atoms with Crippen LogP contribution in [0.15, 0.2) is 97.1 Å². The minimum absolute atomic E-state index is 0.0975. The SMILES string of the molecule is Fc1ccc(NCc2c(OCc3cccc4ccccc34)ccc3ccccc23)cc1Cl. The summed E-state index contributed by atoms with van der Waals surface area (Å²) >= 11 is 5.95. The van der Waals surface area contributed by atoms with E-state index in [0.717, 1.165) is 33.3 Å². The summed E-state index contributed by atoms with van der Waals surface area (Å²) in [7, 11) is 0. The van der Waals surface area contributed by atoms with Crippen molar-refractivity contribution >= 4 is 38.8 Å². The molecule has 0 saturated heterocycles. The number of fused-ring (bicyclic) bond motifs is 2. The van der Waals surface area contributed by atoms with Crippen LogP contribution >= 0.6 is 11.6 Å². The van der Waals surface area contributed by atoms with E-state index in [9.17, 15) is 4.39 Å². The standard InChI is InChI=1S/C28H21ClFNO/c29-26-16-22(13-14-27(26)30)31-17-25-24-11-4-2-7-20(24)12-15-28(25)32-18-21-9-5-8-19-6-1-3-10-23(19)21/h1-16,31H,17-18H2. The molecule has 0 atom stereocenters. The van der Waals surface area contributed by atoms with Gasteiger partial charge in [0.05, 0.1) is 5.02 Å². The number of anilines is 1. The Hall–Kier alpha value is -3.56. The molecule has 0 spiro atoms. The van der Waals surface area contributed by atoms with Crippen molar-refractivity contribution in [2.24, 2.45) is 0 Å². The van der Waals surface area contributed by atoms with Crippen molar-refractivity contribution < 1.29 is 9.13 Å². The third-order valence-corrected chi connectivity index (χ3v) is 5.94. The minimum atomic E-state index is -0.429. The first-order valence-corrected chi connectivity index (χ1v) is 10.9. The quantitative estimate of drug-likeness (QED) is 0.288. The molecule has 2 nitrogen and oxygen atoms in total. The molecule has 0 bridgehead atoms. The number of hydrogen-bond acceptors (Lipinski definition) is 2. The highest BCUT2D eigenvalue weighted by Crippen LogP contribution is 2.31. The highest BCUT2D eigenvalue weighted by molar-refractivity contribution is 6.31. The van der Waals surface area contributed by atoms with Crippen molar-refractivity contribution in [1.82, 2.24) is 0 Å². The van der Waals surface area contributed by atoms with Crippen molar-refractivity contribution in [3.63, 3.8) is 0 Å². The molecule has 5 aromatic rings. The fourth-order valence-corrected chi connectivity index (χ4v) is 4.18. The zero-order valence-corrected chi connectivity index (χ0v) is 18.1. The molecular formula is C28H21ClFNO. The Kier molecular flexibility index (Phi) is 5.66. The lowest BCUT2D eigenvalue weighted by molar-refractivity contribution is 0.305. The van der Waals surface area contributed by atoms with Gasteiger partial charge in [-0.15, -0.1) is 0 Å². The lowest BCUT2D eigenvalue weighted by atomic mass is 10.0. The van der Waals surface area contributed by atoms with Crippen molar-refractivity contribution in [2.45, 2.75) is 13.2 Å². The zero-order chi connectivity index (χ0) is 21.9. The summed E-state index contributed by atoms with van der Waals surface area (Å²) in [5.74, 6) is 0.388. The van der Waals surface area contributed by atoms with Gasteiger partial charge in [-0.25, -0.2) is 4.39 Å². The zero-order valence-electron chi connectivity index (χ0n) is 17.3. The van der Waals surface area contributed by atoms with E-state index in [1.54, 1.807) is 12.1 Å². The van der Waals surface area contributed by atoms with Crippen molar-refractivity contribution in [3.05, 3.63) is 119 Å². The normalized spacial score (nSPS) is 11.1. The monoisotopic (exact) mass is 441 g/mol. The van der Waals surface area contributed by atoms with Gasteiger partial charge in [0.25, 0.3) is 0 Å². The minimum Gasteiger partial charge on any atom is -0.489 e. The number of benzene rings is 5. The highest BCUT2D eigenvalue weighted by Gasteiger charge is 2.11. The van der Waals surface area contributed by atoms with Gasteiger partial charge in [0, 0.05) is 17.8 Å². The Labute approximate surface area is 191 Å². The molecule has 0 amide bonds. The van der Waals surface area contributed by atoms with E-state index in [1.165, 1.54) is 16.8 Å². The molecule has 0 aliphatic heterocycles. The third kappa shape index (κ3) is 4.12. The topological polar surface area (TPSA) is 21.3 Å². The van der Waals surface area contributed by atoms with E-state index in [4.69, 9.17) is 16.3 Å². The number of nitrogens with one attached hydrogen (secondary N) is 1. The van der Waals surface area contributed by atoms with Gasteiger partial charge in [0.2, 0.25) is 0 Å². The number of hydrogen-bond donors (Lipinski definition) is 1. The highest BCUT2D eigenvalue weighted by atomic mass is 35.5. The molecule has 0 aliphatic carbocycles. The van der Waals surface area contributed by atoms with E-state index in [1.807, 2.05) is 30.3 Å². The lowest BCUT2D eigenvalue weighted by Gasteiger charge is -2.16. The summed E-state index contributed by atoms with van der Waals surface area (Å²) in [5, 5.41) is 8.10. The summed E-state index contributed by atoms with van der Waals surface area (Å²) < 4.78 is 19.9. The number of rotatable bonds is 6. The molecule has 1 N–H and O–H groups in total. The molecule has 0 saturated carbocycles. The molecule has 0 aromatic heterocycles. The second-order valence-corrected chi connectivity index (χ2v) is 8.08. The van der Waals surface area contributed by atoms with E-state index in [-0.39, 0.29) is 5.02 Å². The average molecular weight is 442 g/mol. The predicted octanol–water partition coefficient (Wildman–Crippen LogP) is 7.98. The molecular weight excluding hydrogens is 421 g/mol. The van der Waals surface area contributed by atoms with Gasteiger partial charge >= 0.3 is 0 Å². The van der Waals surface area contributed by atoms with Crippen LogP contribution in [0.2, 0.25) is 5.02 Å². The smallest absolute Gasteiger partial charge is 0.141 e. The molecule has 0 fully saturated rings. The molecule has 0 unspecified atom stereocenters. The molecule has 32 heavy (non-hydrogen) atoms. The Morgan fingerprint density at radius 3 is 2.28 bits per heavy atom. The van der Waals surface area contributed by atoms with Gasteiger partial charge in [-0.1, -0.05) is 84.4 Å². The molecule has 5 rings (SSSR count). The molecule has 0 heterocycles. The Morgan fingerprint density at radius 1 is 0.750 bits per heavy atom. The van der Waals surface area contributed by atoms with Crippen LogP contribution in [-0.2, 0) is 13.2 Å². The maximum absolute atomic E-state index is 13.5. The molecule has 0 radical (unpaired) electrons. The van der Waals surface area contributed by atoms with E-state index in [2.05, 4.69) is 53.8 Å². The average Bonchev–Trinajstić information content (AvgIpc) is 2.83. The Morgan fingerprint density at radius 2 is 1.47 bits per heavy atom. The van der Waals surface area contributed by atoms with Crippen LogP contribution in [0.4, 0.5) is 10.1 Å². The van der Waals surface area contributed by atoms with Crippen LogP contribution in [0, 0.1) is 5.82 Å². The second kappa shape index (κ2) is 8.89. The second-order valence-electron chi connectivity index (χ2n) is 7.67. The Balaban J connectivity index is 1.46. The van der Waals surface area contributed by atoms with Crippen LogP contribution in [0.5, 0.6) is 5.75 Å². The molecule has 158 valence electrons. The van der Waals surface area contributed by atoms with Gasteiger partial charge in [0.15, 0.2) is 0 Å². The van der Waals surface area contributed by atoms with Gasteiger partial charge in [0.1, 0.15) is 18.2 Å². The van der Waals surface area contributed by atoms with E-state index in [0.29, 0.717) is 13.2 Å². The van der Waals surface area contributed by atoms with Crippen LogP contribution in [0.1, 0.15) is 11.1 Å². The van der Waals surface area contributed by atoms with Crippen LogP contribution in [-0.4, -0.2) is 0 Å². The van der Waals surface area contributed by atoms with Crippen molar-refractivity contribution in [2.75, 3.05) is 5.32 Å². The first-order valence-electron chi connectivity index (χ1n) is 10.5. The molecule has 4 heteroatoms. The van der Waals surface area contributed by atoms with Crippen LogP contribution in [0.25, 0.3) is 21.5 Å². The fraction of sp³-hybridized carbons (Fsp3) is 0.0714. The largest absolute Gasteiger partial charge is 0.489 e. The number of halogens is 2. The third-order valence-electron chi connectivity index (χ3n) is 5.65. The van der Waals surface area contributed by atoms with Gasteiger partial charge in [-0.05, 0) is 51.4 Å². The first kappa shape index (κ1) is 20.3. The van der Waals surface area contributed by atoms with Gasteiger partial charge in [-0.3, -0.25) is 0 Å². The summed E-state index contributed by atoms with van der Waals surface area (Å²) in [6.07, 6.45) is 0. The van der Waals surface area contributed by atoms with Crippen LogP contribution in [0.3, 0.4) is 0 Å². The summed E-state index contributed by atoms with van der Waals surface area (Å²) in [6, 6.07) is 31.5. The Bertz CT molecular complexity index is 1410. The van der Waals surface area contributed by atoms with Gasteiger partial charge in [-0.2, -0.15) is 0 Å². The maximum atomic E-state index is 13.5. The first-order chi connectivity index (χ1) is 15.7. The molecule has 0 aliphatic rings. The maximum Gasteiger partial charge on any atom is 0.141 e. The number of ether oxygens (including phenoxy) is 1. The van der Waals surface area contributed by atoms with E-state index < -0.39 is 5.82 Å². The van der Waals surface area contributed by atoms with Gasteiger partial charge < -0.3 is 10.1 Å². The predicted molar refractivity (Wildman–Crippen MR) is 131 cm³/mol. The summed E-state index contributed by atoms with van der Waals surface area (Å²) in [6.45, 7) is 0.989. The van der Waals surface area contributed by atoms with Crippen LogP contribution < -0.4 is 10.1 Å². The van der Waals surface area contributed by atoms with Crippen molar-refractivity contribution in [3.8, 4) is 5.75 Å². The molecule has 5 aromatic carbocycles. The summed E-state index contributed by atoms with van der Waals surface area (Å²) in [4.78, 5) is 0. The van der Waals surface area contributed by atoms with Crippen molar-refractivity contribution in [1.29, 1.82) is 0 Å². The summed E-state index contributed by atoms with van der Waals surface area (Å²) in [5.41, 5.74) is 2.94. The van der Waals surface area contributed by atoms with E-state index >= 15 is 0 Å². The fourth-order valence-electron chi connectivity index (χ4n) is 4.00. The lowest BCUT2D eigenvalue weighted by Crippen LogP contribution is -2.05.